The summed E-state index contributed by atoms with van der Waals surface area (Å²) in [5.74, 6) is -5.44. The van der Waals surface area contributed by atoms with E-state index in [0.29, 0.717) is 44.1 Å². The third-order valence-electron chi connectivity index (χ3n) is 10.4. The molecule has 1 N–H and O–H groups in total. The SMILES string of the molecule is Fc1c[c-]c(-c2ccccn2)c(F)c1.Fc1nc(Cl)c[c-]c1-c1ccccn1.O=C(O)c1ccccn1.[C-]#[N+]c1c(Cl)c[c-]c(-c2ccccn2)c1Cl.[C-]#[N+]c1c(Cl)c[c-]c(-c2ccccn2)c1F.[C-]#[N+]c1c(F)c[c-]c(-c2ccccn2)c1F.[Ir].[Ir].[Ir].[Ir].[Ir]. The molecule has 0 bridgehead atoms. The van der Waals surface area contributed by atoms with Crippen LogP contribution in [0, 0.1) is 85.1 Å². The quantitative estimate of drug-likeness (QED) is 0.0978. The second-order valence-electron chi connectivity index (χ2n) is 15.9. The molecule has 11 rings (SSSR count). The van der Waals surface area contributed by atoms with Crippen molar-refractivity contribution in [2.24, 2.45) is 0 Å². The number of aromatic nitrogens is 7. The van der Waals surface area contributed by atoms with E-state index in [9.17, 15) is 31.1 Å². The summed E-state index contributed by atoms with van der Waals surface area (Å²) in [7, 11) is 0. The van der Waals surface area contributed by atoms with Crippen LogP contribution in [0.2, 0.25) is 20.2 Å². The van der Waals surface area contributed by atoms with Gasteiger partial charge >= 0.3 is 5.97 Å². The summed E-state index contributed by atoms with van der Waals surface area (Å²) in [4.78, 5) is 46.3. The number of hydrogen-bond acceptors (Lipinski definition) is 8. The number of carboxylic acid groups (broad SMARTS) is 1. The molecule has 0 aliphatic heterocycles. The molecule has 0 aliphatic carbocycles. The molecule has 0 unspecified atom stereocenters. The summed E-state index contributed by atoms with van der Waals surface area (Å²) in [6.07, 6.45) is 9.27. The maximum absolute atomic E-state index is 13.8. The average molecular weight is 2180 g/mol. The van der Waals surface area contributed by atoms with E-state index in [-0.39, 0.29) is 150 Å². The van der Waals surface area contributed by atoms with Crippen LogP contribution in [-0.4, -0.2) is 46.0 Å². The zero-order chi connectivity index (χ0) is 61.3. The van der Waals surface area contributed by atoms with E-state index in [1.807, 2.05) is 12.1 Å². The van der Waals surface area contributed by atoms with Crippen molar-refractivity contribution in [3.8, 4) is 56.3 Å². The van der Waals surface area contributed by atoms with Crippen molar-refractivity contribution in [3.63, 3.8) is 0 Å². The van der Waals surface area contributed by atoms with E-state index in [0.717, 1.165) is 18.2 Å². The second-order valence-corrected chi connectivity index (χ2v) is 17.5. The van der Waals surface area contributed by atoms with Crippen LogP contribution < -0.4 is 0 Å². The van der Waals surface area contributed by atoms with Gasteiger partial charge in [0.1, 0.15) is 17.3 Å². The fraction of sp³-hybridized carbons (Fsp3) is 0. The van der Waals surface area contributed by atoms with Crippen molar-refractivity contribution in [1.82, 2.24) is 34.9 Å². The van der Waals surface area contributed by atoms with Gasteiger partial charge in [0, 0.05) is 172 Å². The molecule has 5 radical (unpaired) electrons. The van der Waals surface area contributed by atoms with Crippen LogP contribution in [0.3, 0.4) is 0 Å². The second kappa shape index (κ2) is 42.0. The maximum Gasteiger partial charge on any atom is 0.354 e. The van der Waals surface area contributed by atoms with E-state index < -0.39 is 46.7 Å². The van der Waals surface area contributed by atoms with Crippen molar-refractivity contribution in [1.29, 1.82) is 0 Å². The molecule has 0 fully saturated rings. The van der Waals surface area contributed by atoms with Crippen molar-refractivity contribution < 1.29 is 137 Å². The summed E-state index contributed by atoms with van der Waals surface area (Å²) in [5, 5.41) is 9.07. The van der Waals surface area contributed by atoms with Crippen LogP contribution >= 0.6 is 46.4 Å². The molecular weight excluding hydrogens is 2150 g/mol. The summed E-state index contributed by atoms with van der Waals surface area (Å²) in [6, 6.07) is 51.0. The Morgan fingerprint density at radius 3 is 1.18 bits per heavy atom. The van der Waals surface area contributed by atoms with Crippen LogP contribution in [0.1, 0.15) is 10.5 Å². The predicted molar refractivity (Wildman–Crippen MR) is 310 cm³/mol. The van der Waals surface area contributed by atoms with Crippen molar-refractivity contribution in [2.45, 2.75) is 0 Å². The summed E-state index contributed by atoms with van der Waals surface area (Å²) < 4.78 is 79.7. The van der Waals surface area contributed by atoms with E-state index >= 15 is 0 Å². The van der Waals surface area contributed by atoms with E-state index in [2.05, 4.69) is 79.8 Å². The van der Waals surface area contributed by atoms with E-state index in [1.165, 1.54) is 36.7 Å². The summed E-state index contributed by atoms with van der Waals surface area (Å²) in [6.45, 7) is 20.6. The number of hydrogen-bond donors (Lipinski definition) is 1. The van der Waals surface area contributed by atoms with Crippen LogP contribution in [0.4, 0.5) is 43.4 Å². The van der Waals surface area contributed by atoms with Crippen molar-refractivity contribution in [2.75, 3.05) is 0 Å². The molecule has 0 amide bonds. The molecule has 12 nitrogen and oxygen atoms in total. The predicted octanol–water partition coefficient (Wildman–Crippen LogP) is 18.0. The fourth-order valence-corrected chi connectivity index (χ4v) is 7.42. The number of rotatable bonds is 6. The third-order valence-corrected chi connectivity index (χ3v) is 11.6. The topological polar surface area (TPSA) is 141 Å². The Kier molecular flexibility index (Phi) is 37.8. The molecule has 0 saturated carbocycles. The maximum atomic E-state index is 13.8. The Morgan fingerprint density at radius 1 is 0.422 bits per heavy atom. The Balaban J connectivity index is 0.000000538. The molecule has 7 heterocycles. The zero-order valence-electron chi connectivity index (χ0n) is 44.6. The molecule has 0 saturated heterocycles. The number of carbonyl (C=O) groups is 1. The largest absolute Gasteiger partial charge is 0.477 e. The van der Waals surface area contributed by atoms with E-state index in [4.69, 9.17) is 71.2 Å². The molecule has 0 spiro atoms. The first kappa shape index (κ1) is 80.9. The minimum absolute atomic E-state index is 0. The number of halogens is 10. The molecule has 0 aliphatic rings. The van der Waals surface area contributed by atoms with Crippen molar-refractivity contribution >= 4 is 69.4 Å². The van der Waals surface area contributed by atoms with Gasteiger partial charge in [-0.05, 0) is 86.0 Å². The zero-order valence-corrected chi connectivity index (χ0v) is 59.6. The molecule has 11 aromatic rings. The first-order valence-corrected chi connectivity index (χ1v) is 25.2. The normalized spacial score (nSPS) is 9.28. The van der Waals surface area contributed by atoms with Gasteiger partial charge in [0.15, 0.2) is 11.4 Å². The first-order chi connectivity index (χ1) is 41.1. The monoisotopic (exact) mass is 2180 g/mol. The molecule has 4 aromatic carbocycles. The van der Waals surface area contributed by atoms with Gasteiger partial charge in [-0.25, -0.2) is 14.2 Å². The van der Waals surface area contributed by atoms with Crippen LogP contribution in [0.5, 0.6) is 0 Å². The molecule has 0 atom stereocenters. The van der Waals surface area contributed by atoms with Crippen LogP contribution in [0.25, 0.3) is 70.8 Å². The van der Waals surface area contributed by atoms with Gasteiger partial charge in [0.2, 0.25) is 0 Å². The number of carboxylic acids is 1. The van der Waals surface area contributed by atoms with Gasteiger partial charge in [-0.2, -0.15) is 34.8 Å². The standard InChI is InChI=1S/C12H5Cl2N2.C12H5ClFN2.C12H5F2N2.C11H6F2N.C10H5ClFN2.C6H5NO2.5Ir/c3*1-15-12-9(13)6-5-8(11(12)14)10-4-2-3-7-16-10;12-8-4-5-9(10(13)7-8)11-3-1-2-6-14-11;11-9-5-4-7(10(12)14-9)8-3-1-2-6-13-8;8-6(9)5-3-1-2-4-7-5;;;;;/h3*2-4,6-7H;1-4,6-7H;1-3,5-6H;1-4H,(H,8,9);;;;;/q5*-1;;;;;;. The van der Waals surface area contributed by atoms with Gasteiger partial charge in [0.05, 0.1) is 19.7 Å². The Morgan fingerprint density at radius 2 is 0.789 bits per heavy atom. The fourth-order valence-electron chi connectivity index (χ4n) is 6.57. The number of nitrogens with zero attached hydrogens (tertiary/aromatic N) is 10. The minimum atomic E-state index is -0.990. The molecular formula is C63H31Cl4F6Ir5N10O2-5. The Bertz CT molecular complexity index is 3850. The van der Waals surface area contributed by atoms with Crippen molar-refractivity contribution in [3.05, 3.63) is 308 Å². The van der Waals surface area contributed by atoms with E-state index in [1.54, 1.807) is 116 Å². The van der Waals surface area contributed by atoms with Gasteiger partial charge in [0.25, 0.3) is 0 Å². The Hall–Kier alpha value is -7.14. The molecule has 465 valence electrons. The minimum Gasteiger partial charge on any atom is -0.477 e. The number of pyridine rings is 7. The van der Waals surface area contributed by atoms with Gasteiger partial charge in [-0.3, -0.25) is 36.5 Å². The van der Waals surface area contributed by atoms with Gasteiger partial charge in [-0.15, -0.1) is 89.0 Å². The number of aromatic carboxylic acids is 1. The van der Waals surface area contributed by atoms with Gasteiger partial charge in [-0.1, -0.05) is 83.9 Å². The van der Waals surface area contributed by atoms with Crippen LogP contribution in [0.15, 0.2) is 183 Å². The first-order valence-electron chi connectivity index (χ1n) is 23.7. The molecule has 7 aromatic heterocycles. The molecule has 27 heteroatoms. The Labute approximate surface area is 599 Å². The summed E-state index contributed by atoms with van der Waals surface area (Å²) >= 11 is 23.1. The van der Waals surface area contributed by atoms with Gasteiger partial charge < -0.3 is 35.0 Å². The number of benzene rings is 4. The molecule has 90 heavy (non-hydrogen) atoms. The smallest absolute Gasteiger partial charge is 0.354 e. The van der Waals surface area contributed by atoms with Crippen LogP contribution in [-0.2, 0) is 101 Å². The third kappa shape index (κ3) is 23.6. The summed E-state index contributed by atoms with van der Waals surface area (Å²) in [5.41, 5.74) is 3.06. The average Bonchev–Trinajstić information content (AvgIpc) is 1.06.